The quantitative estimate of drug-likeness (QED) is 0.101. The fourth-order valence-corrected chi connectivity index (χ4v) is 7.19. The number of nitrogens with zero attached hydrogens (tertiary/aromatic N) is 5. The predicted octanol–water partition coefficient (Wildman–Crippen LogP) is 6.28. The lowest BCUT2D eigenvalue weighted by atomic mass is 10.0. The highest BCUT2D eigenvalue weighted by molar-refractivity contribution is 6.03. The van der Waals surface area contributed by atoms with Crippen molar-refractivity contribution in [1.82, 2.24) is 19.0 Å². The van der Waals surface area contributed by atoms with Crippen molar-refractivity contribution >= 4 is 41.1 Å². The number of benzene rings is 3. The summed E-state index contributed by atoms with van der Waals surface area (Å²) in [6.45, 7) is 0.588. The molecule has 12 nitrogen and oxygen atoms in total. The number of ketones is 2. The molecule has 0 aliphatic carbocycles. The molecule has 7 rings (SSSR count). The molecule has 55 heavy (non-hydrogen) atoms. The van der Waals surface area contributed by atoms with Gasteiger partial charge in [-0.25, -0.2) is 4.98 Å². The molecule has 3 aromatic carbocycles. The third-order valence-corrected chi connectivity index (χ3v) is 10.1. The summed E-state index contributed by atoms with van der Waals surface area (Å²) in [5, 5.41) is 12.8. The third-order valence-electron chi connectivity index (χ3n) is 10.1. The molecular weight excluding hydrogens is 697 g/mol. The van der Waals surface area contributed by atoms with E-state index in [1.165, 1.54) is 0 Å². The molecule has 282 valence electrons. The zero-order chi connectivity index (χ0) is 38.5. The number of aliphatic imine (C=N–C) groups is 1. The summed E-state index contributed by atoms with van der Waals surface area (Å²) >= 11 is 0. The largest absolute Gasteiger partial charge is 0.493 e. The second kappa shape index (κ2) is 16.5. The lowest BCUT2D eigenvalue weighted by molar-refractivity contribution is -0.116. The van der Waals surface area contributed by atoms with E-state index >= 15 is 0 Å². The molecule has 1 fully saturated rings. The van der Waals surface area contributed by atoms with Crippen LogP contribution in [0, 0.1) is 0 Å². The number of aliphatic hydroxyl groups excluding tert-OH is 1. The lowest BCUT2D eigenvalue weighted by Gasteiger charge is -2.32. The van der Waals surface area contributed by atoms with E-state index in [4.69, 9.17) is 4.74 Å². The number of amides is 2. The van der Waals surface area contributed by atoms with Gasteiger partial charge in [0.2, 0.25) is 11.7 Å². The summed E-state index contributed by atoms with van der Waals surface area (Å²) in [6.07, 6.45) is 9.23. The fraction of sp³-hybridized carbons (Fsp3) is 0.302. The number of carbonyl (C=O) groups excluding carboxylic acids is 4. The molecule has 0 spiro atoms. The van der Waals surface area contributed by atoms with E-state index in [0.717, 1.165) is 41.5 Å². The number of rotatable bonds is 14. The first kappa shape index (κ1) is 37.2. The number of fused-ring (bicyclic) bond motifs is 2. The maximum absolute atomic E-state index is 13.3. The van der Waals surface area contributed by atoms with E-state index in [2.05, 4.69) is 15.3 Å². The Morgan fingerprint density at radius 2 is 1.65 bits per heavy atom. The average molecular weight is 741 g/mol. The second-order valence-electron chi connectivity index (χ2n) is 14.1. The minimum atomic E-state index is -0.302. The molecule has 2 aliphatic heterocycles. The first-order valence-corrected chi connectivity index (χ1v) is 18.6. The minimum absolute atomic E-state index is 0.0270. The predicted molar refractivity (Wildman–Crippen MR) is 209 cm³/mol. The number of imidazole rings is 1. The third kappa shape index (κ3) is 8.49. The van der Waals surface area contributed by atoms with E-state index in [9.17, 15) is 24.3 Å². The van der Waals surface area contributed by atoms with Crippen LogP contribution in [0.4, 0.5) is 11.5 Å². The molecule has 1 saturated heterocycles. The van der Waals surface area contributed by atoms with Crippen molar-refractivity contribution in [3.8, 4) is 16.9 Å². The summed E-state index contributed by atoms with van der Waals surface area (Å²) in [5.74, 6) is 0.413. The highest BCUT2D eigenvalue weighted by Crippen LogP contribution is 2.34. The van der Waals surface area contributed by atoms with Crippen LogP contribution in [0.2, 0.25) is 0 Å². The van der Waals surface area contributed by atoms with Crippen LogP contribution in [0.25, 0.3) is 11.1 Å². The fourth-order valence-electron chi connectivity index (χ4n) is 7.19. The van der Waals surface area contributed by atoms with Crippen molar-refractivity contribution in [2.24, 2.45) is 19.1 Å². The van der Waals surface area contributed by atoms with Gasteiger partial charge in [-0.2, -0.15) is 0 Å². The average Bonchev–Trinajstić information content (AvgIpc) is 3.73. The van der Waals surface area contributed by atoms with Gasteiger partial charge in [0.05, 0.1) is 36.2 Å². The van der Waals surface area contributed by atoms with Gasteiger partial charge in [0.1, 0.15) is 5.75 Å². The highest BCUT2D eigenvalue weighted by atomic mass is 16.5. The summed E-state index contributed by atoms with van der Waals surface area (Å²) < 4.78 is 9.39. The van der Waals surface area contributed by atoms with Crippen LogP contribution in [0.3, 0.4) is 0 Å². The Morgan fingerprint density at radius 1 is 0.891 bits per heavy atom. The van der Waals surface area contributed by atoms with Gasteiger partial charge in [-0.05, 0) is 54.5 Å². The van der Waals surface area contributed by atoms with Gasteiger partial charge in [-0.1, -0.05) is 54.6 Å². The summed E-state index contributed by atoms with van der Waals surface area (Å²) in [7, 11) is 3.57. The number of carbonyl (C=O) groups is 4. The molecule has 5 aromatic rings. The highest BCUT2D eigenvalue weighted by Gasteiger charge is 2.31. The van der Waals surface area contributed by atoms with Crippen molar-refractivity contribution in [3.63, 3.8) is 0 Å². The summed E-state index contributed by atoms with van der Waals surface area (Å²) in [4.78, 5) is 63.1. The van der Waals surface area contributed by atoms with Gasteiger partial charge in [-0.3, -0.25) is 24.2 Å². The number of ether oxygens (including phenoxy) is 1. The normalized spacial score (nSPS) is 14.9. The van der Waals surface area contributed by atoms with Crippen LogP contribution in [0.1, 0.15) is 80.3 Å². The number of aromatic nitrogens is 3. The number of aryl methyl sites for hydroxylation is 2. The second-order valence-corrected chi connectivity index (χ2v) is 14.1. The van der Waals surface area contributed by atoms with Crippen molar-refractivity contribution in [1.29, 1.82) is 0 Å². The lowest BCUT2D eigenvalue weighted by Crippen LogP contribution is -2.43. The topological polar surface area (TPSA) is 148 Å². The number of anilines is 1. The smallest absolute Gasteiger partial charge is 0.256 e. The molecule has 2 amide bonds. The van der Waals surface area contributed by atoms with Crippen molar-refractivity contribution in [3.05, 3.63) is 119 Å². The van der Waals surface area contributed by atoms with Crippen LogP contribution in [0.5, 0.6) is 5.75 Å². The molecule has 0 saturated carbocycles. The summed E-state index contributed by atoms with van der Waals surface area (Å²) in [6, 6.07) is 22.5. The molecule has 2 aliphatic rings. The number of Topliss-reactive ketones (excluding diaryl/α,β-unsaturated/α-hetero) is 2. The first-order valence-electron chi connectivity index (χ1n) is 18.6. The number of piperidine rings is 1. The van der Waals surface area contributed by atoms with E-state index in [-0.39, 0.29) is 67.1 Å². The molecule has 2 aromatic heterocycles. The van der Waals surface area contributed by atoms with Crippen LogP contribution >= 0.6 is 0 Å². The Balaban J connectivity index is 0.900. The van der Waals surface area contributed by atoms with Crippen molar-refractivity contribution in [2.75, 3.05) is 18.5 Å². The maximum atomic E-state index is 13.3. The van der Waals surface area contributed by atoms with Crippen LogP contribution < -0.4 is 10.1 Å². The Labute approximate surface area is 319 Å². The van der Waals surface area contributed by atoms with Crippen molar-refractivity contribution in [2.45, 2.75) is 57.6 Å². The molecule has 1 atom stereocenters. The maximum Gasteiger partial charge on any atom is 0.256 e. The molecule has 0 bridgehead atoms. The number of nitrogens with one attached hydrogen (secondary N) is 1. The van der Waals surface area contributed by atoms with Gasteiger partial charge in [0.25, 0.3) is 5.91 Å². The van der Waals surface area contributed by atoms with Gasteiger partial charge in [0.15, 0.2) is 17.4 Å². The zero-order valence-electron chi connectivity index (χ0n) is 31.0. The molecule has 0 radical (unpaired) electrons. The Hall–Kier alpha value is -6.14. The van der Waals surface area contributed by atoms with Crippen LogP contribution in [-0.2, 0) is 38.3 Å². The van der Waals surface area contributed by atoms with Crippen molar-refractivity contribution < 1.29 is 29.0 Å². The first-order chi connectivity index (χ1) is 26.7. The minimum Gasteiger partial charge on any atom is -0.493 e. The summed E-state index contributed by atoms with van der Waals surface area (Å²) in [5.41, 5.74) is 5.72. The number of hydrogen-bond acceptors (Lipinski definition) is 8. The van der Waals surface area contributed by atoms with Gasteiger partial charge in [-0.15, -0.1) is 0 Å². The molecule has 12 heteroatoms. The van der Waals surface area contributed by atoms with E-state index in [1.54, 1.807) is 29.9 Å². The monoisotopic (exact) mass is 740 g/mol. The molecule has 2 N–H and O–H groups in total. The Bertz CT molecular complexity index is 2250. The molecule has 0 unspecified atom stereocenters. The SMILES string of the molecule is Cn1cc(-c2ccc(CC(=O)c3nc(NC(=O)CCCOc4cc5c(cc4CO)C(=O)N4CCCC[C@H]4C=N5)cn3C)cc2)cc1C(=O)Cc1ccccc1. The van der Waals surface area contributed by atoms with E-state index < -0.39 is 0 Å². The van der Waals surface area contributed by atoms with Crippen LogP contribution in [0.15, 0.2) is 90.2 Å². The number of aliphatic hydroxyl groups is 1. The van der Waals surface area contributed by atoms with Crippen LogP contribution in [-0.4, -0.2) is 72.9 Å². The van der Waals surface area contributed by atoms with Gasteiger partial charge >= 0.3 is 0 Å². The molecular formula is C43H44N6O6. The standard InChI is InChI=1S/C43H44N6O6/c1-47-25-31(22-36(47)37(51)19-28-9-4-3-5-10-28)30-15-13-29(14-16-30)20-38(52)42-46-40(26-48(42)2)45-41(53)12-8-18-55-39-23-35-34(21-32(39)27-50)43(54)49-17-7-6-11-33(49)24-44-35/h3-5,9-10,13-16,21-26,33,50H,6-8,11-12,17-20,27H2,1-2H3,(H,45,53)/t33-/m0/s1. The van der Waals surface area contributed by atoms with E-state index in [1.807, 2.05) is 89.6 Å². The molecule has 4 heterocycles. The Kier molecular flexibility index (Phi) is 11.1. The van der Waals surface area contributed by atoms with Gasteiger partial charge < -0.3 is 29.2 Å². The van der Waals surface area contributed by atoms with Gasteiger partial charge in [0, 0.05) is 75.7 Å². The van der Waals surface area contributed by atoms with E-state index in [0.29, 0.717) is 47.6 Å². The number of hydrogen-bond donors (Lipinski definition) is 2. The Morgan fingerprint density at radius 3 is 2.44 bits per heavy atom. The zero-order valence-corrected chi connectivity index (χ0v) is 31.0.